The van der Waals surface area contributed by atoms with Crippen molar-refractivity contribution in [1.29, 1.82) is 0 Å². The molecule has 3 nitrogen and oxygen atoms in total. The number of aromatic nitrogens is 1. The minimum atomic E-state index is -0.412. The number of thiazole rings is 1. The zero-order chi connectivity index (χ0) is 12.4. The predicted octanol–water partition coefficient (Wildman–Crippen LogP) is 3.16. The number of Topliss-reactive ketones (excluding diaryl/α,β-unsaturated/α-hetero) is 1. The highest BCUT2D eigenvalue weighted by Gasteiger charge is 2.15. The molecule has 0 aliphatic heterocycles. The van der Waals surface area contributed by atoms with Gasteiger partial charge in [-0.1, -0.05) is 6.07 Å². The van der Waals surface area contributed by atoms with Gasteiger partial charge >= 0.3 is 0 Å². The second kappa shape index (κ2) is 4.63. The molecule has 88 valence electrons. The van der Waals surface area contributed by atoms with Crippen molar-refractivity contribution in [2.75, 3.05) is 7.11 Å². The molecular formula is C12H10FNO2S. The Balaban J connectivity index is 2.55. The smallest absolute Gasteiger partial charge is 0.188 e. The van der Waals surface area contributed by atoms with Gasteiger partial charge in [-0.2, -0.15) is 0 Å². The van der Waals surface area contributed by atoms with Gasteiger partial charge < -0.3 is 4.74 Å². The second-order valence-corrected chi connectivity index (χ2v) is 4.27. The van der Waals surface area contributed by atoms with Crippen LogP contribution < -0.4 is 4.74 Å². The van der Waals surface area contributed by atoms with Gasteiger partial charge in [0.2, 0.25) is 0 Å². The van der Waals surface area contributed by atoms with Gasteiger partial charge in [0.05, 0.1) is 18.4 Å². The Morgan fingerprint density at radius 3 is 2.82 bits per heavy atom. The third-order valence-corrected chi connectivity index (χ3v) is 3.20. The van der Waals surface area contributed by atoms with E-state index in [-0.39, 0.29) is 5.78 Å². The topological polar surface area (TPSA) is 39.2 Å². The lowest BCUT2D eigenvalue weighted by molar-refractivity contribution is 0.101. The summed E-state index contributed by atoms with van der Waals surface area (Å²) in [5.74, 6) is -0.133. The van der Waals surface area contributed by atoms with Crippen LogP contribution in [0.3, 0.4) is 0 Å². The Labute approximate surface area is 102 Å². The maximum atomic E-state index is 13.7. The molecule has 0 fully saturated rings. The molecule has 0 unspecified atom stereocenters. The normalized spacial score (nSPS) is 10.3. The zero-order valence-electron chi connectivity index (χ0n) is 9.36. The molecule has 0 N–H and O–H groups in total. The highest BCUT2D eigenvalue weighted by atomic mass is 32.1. The third kappa shape index (κ3) is 2.19. The van der Waals surface area contributed by atoms with E-state index in [9.17, 15) is 9.18 Å². The van der Waals surface area contributed by atoms with Crippen LogP contribution in [0, 0.1) is 5.82 Å². The van der Waals surface area contributed by atoms with Crippen LogP contribution >= 0.6 is 11.3 Å². The van der Waals surface area contributed by atoms with E-state index in [0.29, 0.717) is 22.0 Å². The molecule has 0 atom stereocenters. The summed E-state index contributed by atoms with van der Waals surface area (Å²) in [4.78, 5) is 15.3. The molecule has 2 rings (SSSR count). The van der Waals surface area contributed by atoms with E-state index >= 15 is 0 Å². The molecule has 0 saturated carbocycles. The molecule has 0 aliphatic rings. The summed E-state index contributed by atoms with van der Waals surface area (Å²) in [5, 5.41) is 2.02. The first kappa shape index (κ1) is 11.7. The number of ketones is 1. The number of carbonyl (C=O) groups is 1. The summed E-state index contributed by atoms with van der Waals surface area (Å²) in [6.07, 6.45) is 0. The highest BCUT2D eigenvalue weighted by Crippen LogP contribution is 2.33. The number of halogens is 1. The van der Waals surface area contributed by atoms with Crippen LogP contribution in [-0.2, 0) is 0 Å². The molecule has 5 heteroatoms. The molecule has 0 bridgehead atoms. The lowest BCUT2D eigenvalue weighted by atomic mass is 10.1. The lowest BCUT2D eigenvalue weighted by Gasteiger charge is -2.06. The van der Waals surface area contributed by atoms with Crippen molar-refractivity contribution >= 4 is 17.1 Å². The van der Waals surface area contributed by atoms with Crippen molar-refractivity contribution in [1.82, 2.24) is 4.98 Å². The Bertz CT molecular complexity index is 565. The second-order valence-electron chi connectivity index (χ2n) is 3.41. The van der Waals surface area contributed by atoms with Gasteiger partial charge in [-0.05, 0) is 12.1 Å². The standard InChI is InChI=1S/C12H10FNO2S/c1-7(15)12-14-9(6-17-12)11-8(13)4-3-5-10(11)16-2/h3-6H,1-2H3. The van der Waals surface area contributed by atoms with Gasteiger partial charge in [0.15, 0.2) is 10.8 Å². The van der Waals surface area contributed by atoms with Gasteiger partial charge in [-0.25, -0.2) is 9.37 Å². The van der Waals surface area contributed by atoms with Crippen molar-refractivity contribution in [3.8, 4) is 17.0 Å². The van der Waals surface area contributed by atoms with E-state index in [0.717, 1.165) is 0 Å². The number of methoxy groups -OCH3 is 1. The Kier molecular flexibility index (Phi) is 3.19. The van der Waals surface area contributed by atoms with Crippen molar-refractivity contribution in [2.24, 2.45) is 0 Å². The van der Waals surface area contributed by atoms with Gasteiger partial charge in [-0.15, -0.1) is 11.3 Å². The minimum Gasteiger partial charge on any atom is -0.496 e. The zero-order valence-corrected chi connectivity index (χ0v) is 10.2. The summed E-state index contributed by atoms with van der Waals surface area (Å²) in [6.45, 7) is 1.43. The van der Waals surface area contributed by atoms with E-state index in [1.165, 1.54) is 31.4 Å². The lowest BCUT2D eigenvalue weighted by Crippen LogP contribution is -1.94. The number of carbonyl (C=O) groups excluding carboxylic acids is 1. The van der Waals surface area contributed by atoms with Crippen LogP contribution in [-0.4, -0.2) is 17.9 Å². The van der Waals surface area contributed by atoms with Gasteiger partial charge in [0, 0.05) is 12.3 Å². The third-order valence-electron chi connectivity index (χ3n) is 2.26. The fraction of sp³-hybridized carbons (Fsp3) is 0.167. The number of nitrogens with zero attached hydrogens (tertiary/aromatic N) is 1. The van der Waals surface area contributed by atoms with Crippen LogP contribution in [0.25, 0.3) is 11.3 Å². The van der Waals surface area contributed by atoms with Gasteiger partial charge in [0.25, 0.3) is 0 Å². The minimum absolute atomic E-state index is 0.128. The summed E-state index contributed by atoms with van der Waals surface area (Å²) < 4.78 is 18.8. The molecule has 0 spiro atoms. The van der Waals surface area contributed by atoms with Crippen molar-refractivity contribution in [3.05, 3.63) is 34.4 Å². The van der Waals surface area contributed by atoms with E-state index in [1.807, 2.05) is 0 Å². The van der Waals surface area contributed by atoms with E-state index in [4.69, 9.17) is 4.74 Å². The Morgan fingerprint density at radius 1 is 1.47 bits per heavy atom. The molecule has 0 amide bonds. The quantitative estimate of drug-likeness (QED) is 0.786. The number of rotatable bonds is 3. The maximum absolute atomic E-state index is 13.7. The summed E-state index contributed by atoms with van der Waals surface area (Å²) in [5.41, 5.74) is 0.717. The van der Waals surface area contributed by atoms with E-state index in [1.54, 1.807) is 17.5 Å². The van der Waals surface area contributed by atoms with Crippen LogP contribution in [0.4, 0.5) is 4.39 Å². The van der Waals surface area contributed by atoms with Crippen LogP contribution in [0.1, 0.15) is 16.7 Å². The molecule has 2 aromatic rings. The van der Waals surface area contributed by atoms with Crippen molar-refractivity contribution in [2.45, 2.75) is 6.92 Å². The molecular weight excluding hydrogens is 241 g/mol. The monoisotopic (exact) mass is 251 g/mol. The molecule has 0 aliphatic carbocycles. The summed E-state index contributed by atoms with van der Waals surface area (Å²) in [7, 11) is 1.47. The predicted molar refractivity (Wildman–Crippen MR) is 64.1 cm³/mol. The van der Waals surface area contributed by atoms with E-state index in [2.05, 4.69) is 4.98 Å². The SMILES string of the molecule is COc1cccc(F)c1-c1csc(C(C)=O)n1. The Morgan fingerprint density at radius 2 is 2.24 bits per heavy atom. The molecule has 0 saturated heterocycles. The summed E-state index contributed by atoms with van der Waals surface area (Å²) >= 11 is 1.20. The molecule has 1 aromatic heterocycles. The maximum Gasteiger partial charge on any atom is 0.188 e. The van der Waals surface area contributed by atoms with Crippen molar-refractivity contribution in [3.63, 3.8) is 0 Å². The van der Waals surface area contributed by atoms with Crippen LogP contribution in [0.5, 0.6) is 5.75 Å². The number of hydrogen-bond acceptors (Lipinski definition) is 4. The highest BCUT2D eigenvalue weighted by molar-refractivity contribution is 7.12. The first-order valence-corrected chi connectivity index (χ1v) is 5.80. The number of hydrogen-bond donors (Lipinski definition) is 0. The fourth-order valence-electron chi connectivity index (χ4n) is 1.47. The average Bonchev–Trinajstić information content (AvgIpc) is 2.77. The summed E-state index contributed by atoms with van der Waals surface area (Å²) in [6, 6.07) is 4.56. The molecule has 1 heterocycles. The van der Waals surface area contributed by atoms with Gasteiger partial charge in [0.1, 0.15) is 11.6 Å². The van der Waals surface area contributed by atoms with Gasteiger partial charge in [-0.3, -0.25) is 4.79 Å². The number of benzene rings is 1. The Hall–Kier alpha value is -1.75. The fourth-order valence-corrected chi connectivity index (χ4v) is 2.18. The largest absolute Gasteiger partial charge is 0.496 e. The average molecular weight is 251 g/mol. The van der Waals surface area contributed by atoms with Crippen molar-refractivity contribution < 1.29 is 13.9 Å². The van der Waals surface area contributed by atoms with Crippen LogP contribution in [0.15, 0.2) is 23.6 Å². The molecule has 0 radical (unpaired) electrons. The molecule has 1 aromatic carbocycles. The first-order chi connectivity index (χ1) is 8.13. The van der Waals surface area contributed by atoms with Crippen LogP contribution in [0.2, 0.25) is 0 Å². The van der Waals surface area contributed by atoms with E-state index < -0.39 is 5.82 Å². The molecule has 17 heavy (non-hydrogen) atoms. The number of ether oxygens (including phenoxy) is 1. The first-order valence-electron chi connectivity index (χ1n) is 4.93.